The van der Waals surface area contributed by atoms with Crippen molar-refractivity contribution in [2.45, 2.75) is 40.2 Å². The Morgan fingerprint density at radius 3 is 2.57 bits per heavy atom. The zero-order valence-corrected chi connectivity index (χ0v) is 13.7. The van der Waals surface area contributed by atoms with Gasteiger partial charge >= 0.3 is 0 Å². The quantitative estimate of drug-likeness (QED) is 0.773. The van der Waals surface area contributed by atoms with Gasteiger partial charge < -0.3 is 15.4 Å². The van der Waals surface area contributed by atoms with Gasteiger partial charge in [-0.2, -0.15) is 0 Å². The van der Waals surface area contributed by atoms with Crippen LogP contribution in [0.15, 0.2) is 12.1 Å². The van der Waals surface area contributed by atoms with E-state index in [1.165, 1.54) is 0 Å². The number of carbonyl (C=O) groups excluding carboxylic acids is 1. The van der Waals surface area contributed by atoms with Crippen LogP contribution in [-0.2, 0) is 11.2 Å². The molecule has 0 fully saturated rings. The Kier molecular flexibility index (Phi) is 7.15. The van der Waals surface area contributed by atoms with E-state index >= 15 is 0 Å². The van der Waals surface area contributed by atoms with Gasteiger partial charge in [0.05, 0.1) is 12.6 Å². The van der Waals surface area contributed by atoms with Crippen LogP contribution in [0.2, 0.25) is 0 Å². The number of aromatic nitrogens is 1. The molecule has 0 aliphatic rings. The molecule has 21 heavy (non-hydrogen) atoms. The molecule has 118 valence electrons. The van der Waals surface area contributed by atoms with Crippen LogP contribution in [0, 0.1) is 5.92 Å². The molecule has 1 aromatic heterocycles. The van der Waals surface area contributed by atoms with E-state index in [-0.39, 0.29) is 11.9 Å². The Hall–Kier alpha value is -1.62. The lowest BCUT2D eigenvalue weighted by Gasteiger charge is -2.22. The van der Waals surface area contributed by atoms with Gasteiger partial charge in [-0.3, -0.25) is 4.79 Å². The topological polar surface area (TPSA) is 63.2 Å². The number of rotatable bonds is 8. The first-order valence-corrected chi connectivity index (χ1v) is 7.59. The van der Waals surface area contributed by atoms with Crippen molar-refractivity contribution in [2.75, 3.05) is 25.6 Å². The lowest BCUT2D eigenvalue weighted by Crippen LogP contribution is -2.42. The van der Waals surface area contributed by atoms with Crippen LogP contribution in [0.5, 0.6) is 0 Å². The molecule has 0 aliphatic carbocycles. The highest BCUT2D eigenvalue weighted by atomic mass is 16.5. The fourth-order valence-electron chi connectivity index (χ4n) is 1.93. The Bertz CT molecular complexity index is 439. The molecule has 1 heterocycles. The van der Waals surface area contributed by atoms with E-state index < -0.39 is 0 Å². The highest BCUT2D eigenvalue weighted by Crippen LogP contribution is 2.12. The summed E-state index contributed by atoms with van der Waals surface area (Å²) in [4.78, 5) is 16.8. The van der Waals surface area contributed by atoms with Crippen molar-refractivity contribution in [1.82, 2.24) is 10.3 Å². The monoisotopic (exact) mass is 293 g/mol. The molecule has 5 heteroatoms. The van der Waals surface area contributed by atoms with Gasteiger partial charge in [0.1, 0.15) is 5.82 Å². The Morgan fingerprint density at radius 1 is 1.33 bits per heavy atom. The molecule has 0 spiro atoms. The van der Waals surface area contributed by atoms with E-state index in [2.05, 4.69) is 29.5 Å². The van der Waals surface area contributed by atoms with Crippen molar-refractivity contribution in [3.05, 3.63) is 23.4 Å². The molecule has 5 nitrogen and oxygen atoms in total. The van der Waals surface area contributed by atoms with Crippen molar-refractivity contribution in [1.29, 1.82) is 0 Å². The Morgan fingerprint density at radius 2 is 2.05 bits per heavy atom. The minimum atomic E-state index is -0.0815. The summed E-state index contributed by atoms with van der Waals surface area (Å²) in [7, 11) is 1.80. The van der Waals surface area contributed by atoms with Crippen molar-refractivity contribution >= 4 is 11.7 Å². The number of pyridine rings is 1. The summed E-state index contributed by atoms with van der Waals surface area (Å²) in [6.07, 6.45) is 0.794. The normalized spacial score (nSPS) is 12.3. The number of hydrogen-bond donors (Lipinski definition) is 2. The van der Waals surface area contributed by atoms with Crippen LogP contribution in [0.3, 0.4) is 0 Å². The smallest absolute Gasteiger partial charge is 0.251 e. The number of nitrogens with one attached hydrogen (secondary N) is 2. The van der Waals surface area contributed by atoms with Crippen LogP contribution >= 0.6 is 0 Å². The van der Waals surface area contributed by atoms with E-state index in [1.54, 1.807) is 13.1 Å². The van der Waals surface area contributed by atoms with Crippen LogP contribution in [0.4, 0.5) is 5.82 Å². The predicted molar refractivity (Wildman–Crippen MR) is 85.7 cm³/mol. The zero-order valence-electron chi connectivity index (χ0n) is 13.7. The Balaban J connectivity index is 2.86. The van der Waals surface area contributed by atoms with Gasteiger partial charge in [0.25, 0.3) is 5.91 Å². The minimum absolute atomic E-state index is 0.00808. The highest BCUT2D eigenvalue weighted by Gasteiger charge is 2.18. The second-order valence-electron chi connectivity index (χ2n) is 5.32. The molecule has 0 bridgehead atoms. The van der Waals surface area contributed by atoms with Crippen molar-refractivity contribution < 1.29 is 9.53 Å². The standard InChI is InChI=1S/C16H27N3O2/c1-6-13-8-12(9-15(17-5)18-13)16(20)19-14(11(3)4)10-21-7-2/h8-9,11,14H,6-7,10H2,1-5H3,(H,17,18)(H,19,20). The van der Waals surface area contributed by atoms with E-state index in [1.807, 2.05) is 19.9 Å². The fourth-order valence-corrected chi connectivity index (χ4v) is 1.93. The van der Waals surface area contributed by atoms with E-state index in [4.69, 9.17) is 4.74 Å². The number of hydrogen-bond acceptors (Lipinski definition) is 4. The molecule has 1 aromatic rings. The van der Waals surface area contributed by atoms with Crippen LogP contribution in [0.1, 0.15) is 43.7 Å². The highest BCUT2D eigenvalue weighted by molar-refractivity contribution is 5.95. The average molecular weight is 293 g/mol. The third-order valence-corrected chi connectivity index (χ3v) is 3.38. The van der Waals surface area contributed by atoms with Gasteiger partial charge in [-0.1, -0.05) is 20.8 Å². The summed E-state index contributed by atoms with van der Waals surface area (Å²) in [5, 5.41) is 6.04. The lowest BCUT2D eigenvalue weighted by molar-refractivity contribution is 0.0806. The number of ether oxygens (including phenoxy) is 1. The summed E-state index contributed by atoms with van der Waals surface area (Å²) < 4.78 is 5.44. The molecule has 0 saturated heterocycles. The average Bonchev–Trinajstić information content (AvgIpc) is 2.50. The molecule has 1 unspecified atom stereocenters. The molecule has 0 saturated carbocycles. The van der Waals surface area contributed by atoms with Crippen LogP contribution in [-0.4, -0.2) is 37.2 Å². The third-order valence-electron chi connectivity index (χ3n) is 3.38. The van der Waals surface area contributed by atoms with Gasteiger partial charge in [0, 0.05) is 24.9 Å². The van der Waals surface area contributed by atoms with Gasteiger partial charge in [-0.15, -0.1) is 0 Å². The second kappa shape index (κ2) is 8.62. The number of anilines is 1. The number of amides is 1. The molecule has 0 aliphatic heterocycles. The number of carbonyl (C=O) groups is 1. The summed E-state index contributed by atoms with van der Waals surface area (Å²) >= 11 is 0. The molecule has 1 amide bonds. The van der Waals surface area contributed by atoms with Crippen molar-refractivity contribution in [3.8, 4) is 0 Å². The first-order chi connectivity index (χ1) is 10.0. The lowest BCUT2D eigenvalue weighted by atomic mass is 10.0. The van der Waals surface area contributed by atoms with Crippen molar-refractivity contribution in [2.24, 2.45) is 5.92 Å². The third kappa shape index (κ3) is 5.34. The van der Waals surface area contributed by atoms with Gasteiger partial charge in [-0.25, -0.2) is 4.98 Å². The maximum atomic E-state index is 12.4. The maximum absolute atomic E-state index is 12.4. The minimum Gasteiger partial charge on any atom is -0.380 e. The second-order valence-corrected chi connectivity index (χ2v) is 5.32. The predicted octanol–water partition coefficient (Wildman–Crippen LogP) is 2.48. The van der Waals surface area contributed by atoms with Gasteiger partial charge in [-0.05, 0) is 31.4 Å². The SMILES string of the molecule is CCOCC(NC(=O)c1cc(CC)nc(NC)c1)C(C)C. The zero-order chi connectivity index (χ0) is 15.8. The molecule has 0 aromatic carbocycles. The first kappa shape index (κ1) is 17.4. The van der Waals surface area contributed by atoms with E-state index in [0.717, 1.165) is 12.1 Å². The maximum Gasteiger partial charge on any atom is 0.251 e. The van der Waals surface area contributed by atoms with Crippen molar-refractivity contribution in [3.63, 3.8) is 0 Å². The van der Waals surface area contributed by atoms with E-state index in [9.17, 15) is 4.79 Å². The number of aryl methyl sites for hydroxylation is 1. The summed E-state index contributed by atoms with van der Waals surface area (Å²) in [6.45, 7) is 9.31. The Labute approximate surface area is 127 Å². The first-order valence-electron chi connectivity index (χ1n) is 7.59. The molecular weight excluding hydrogens is 266 g/mol. The largest absolute Gasteiger partial charge is 0.380 e. The summed E-state index contributed by atoms with van der Waals surface area (Å²) in [5.74, 6) is 0.948. The molecule has 1 atom stereocenters. The molecule has 2 N–H and O–H groups in total. The summed E-state index contributed by atoms with van der Waals surface area (Å²) in [5.41, 5.74) is 1.53. The van der Waals surface area contributed by atoms with Gasteiger partial charge in [0.15, 0.2) is 0 Å². The fraction of sp³-hybridized carbons (Fsp3) is 0.625. The van der Waals surface area contributed by atoms with E-state index in [0.29, 0.717) is 30.5 Å². The van der Waals surface area contributed by atoms with Gasteiger partial charge in [0.2, 0.25) is 0 Å². The molecule has 1 rings (SSSR count). The van der Waals surface area contributed by atoms with Crippen LogP contribution in [0.25, 0.3) is 0 Å². The molecular formula is C16H27N3O2. The number of nitrogens with zero attached hydrogens (tertiary/aromatic N) is 1. The summed E-state index contributed by atoms with van der Waals surface area (Å²) in [6, 6.07) is 3.62. The van der Waals surface area contributed by atoms with Crippen LogP contribution < -0.4 is 10.6 Å². The molecule has 0 radical (unpaired) electrons.